The number of pyridine rings is 1. The molecule has 0 fully saturated rings. The summed E-state index contributed by atoms with van der Waals surface area (Å²) in [7, 11) is 0. The molecule has 7 rings (SSSR count). The van der Waals surface area contributed by atoms with Gasteiger partial charge in [-0.05, 0) is 121 Å². The van der Waals surface area contributed by atoms with E-state index in [0.717, 1.165) is 64.6 Å². The van der Waals surface area contributed by atoms with Crippen molar-refractivity contribution in [1.82, 2.24) is 19.3 Å². The summed E-state index contributed by atoms with van der Waals surface area (Å²) in [6.45, 7) is 22.6. The first-order valence-electron chi connectivity index (χ1n) is 20.4. The highest BCUT2D eigenvalue weighted by atomic mass is 16.5. The van der Waals surface area contributed by atoms with Gasteiger partial charge in [0.05, 0.1) is 28.1 Å². The van der Waals surface area contributed by atoms with Gasteiger partial charge in [0.25, 0.3) is 0 Å². The van der Waals surface area contributed by atoms with Crippen LogP contribution in [0, 0.1) is 12.8 Å². The summed E-state index contributed by atoms with van der Waals surface area (Å²) in [6, 6.07) is 35.1. The van der Waals surface area contributed by atoms with E-state index in [0.29, 0.717) is 17.8 Å². The first-order chi connectivity index (χ1) is 26.4. The molecule has 0 aliphatic rings. The number of ether oxygens (including phenoxy) is 1. The maximum Gasteiger partial charge on any atom is 0.137 e. The molecule has 2 atom stereocenters. The molecule has 4 aromatic carbocycles. The molecule has 55 heavy (non-hydrogen) atoms. The minimum absolute atomic E-state index is 0.00181. The van der Waals surface area contributed by atoms with Crippen LogP contribution in [0.1, 0.15) is 121 Å². The Morgan fingerprint density at radius 3 is 2.20 bits per heavy atom. The molecule has 0 amide bonds. The maximum atomic E-state index is 6.83. The predicted octanol–water partition coefficient (Wildman–Crippen LogP) is 14.0. The Balaban J connectivity index is 1.36. The number of aryl methyl sites for hydroxylation is 2. The van der Waals surface area contributed by atoms with Crippen molar-refractivity contribution in [3.8, 4) is 34.1 Å². The Morgan fingerprint density at radius 1 is 0.727 bits per heavy atom. The second-order valence-corrected chi connectivity index (χ2v) is 17.1. The maximum absolute atomic E-state index is 6.83. The molecular formula is C50H58N4O. The first kappa shape index (κ1) is 38.1. The molecule has 5 heteroatoms. The number of rotatable bonds is 12. The zero-order chi connectivity index (χ0) is 39.0. The topological polar surface area (TPSA) is 44.9 Å². The van der Waals surface area contributed by atoms with Crippen molar-refractivity contribution in [3.05, 3.63) is 131 Å². The summed E-state index contributed by atoms with van der Waals surface area (Å²) in [5, 5.41) is 7.84. The molecule has 2 unspecified atom stereocenters. The molecule has 0 saturated carbocycles. The van der Waals surface area contributed by atoms with Crippen LogP contribution in [-0.4, -0.2) is 19.3 Å². The molecule has 0 saturated heterocycles. The molecule has 284 valence electrons. The van der Waals surface area contributed by atoms with Crippen molar-refractivity contribution in [3.63, 3.8) is 0 Å². The van der Waals surface area contributed by atoms with Gasteiger partial charge in [-0.1, -0.05) is 98.7 Å². The Bertz CT molecular complexity index is 2440. The zero-order valence-corrected chi connectivity index (χ0v) is 34.6. The molecule has 7 aromatic rings. The molecule has 0 bridgehead atoms. The van der Waals surface area contributed by atoms with Crippen LogP contribution >= 0.6 is 0 Å². The Hall–Kier alpha value is -5.16. The quantitative estimate of drug-likeness (QED) is 0.126. The number of nitrogens with zero attached hydrogens (tertiary/aromatic N) is 4. The van der Waals surface area contributed by atoms with E-state index in [4.69, 9.17) is 14.8 Å². The smallest absolute Gasteiger partial charge is 0.137 e. The van der Waals surface area contributed by atoms with E-state index in [1.807, 2.05) is 6.20 Å². The lowest BCUT2D eigenvalue weighted by Gasteiger charge is -2.20. The molecule has 0 aliphatic heterocycles. The van der Waals surface area contributed by atoms with Crippen molar-refractivity contribution in [2.24, 2.45) is 5.92 Å². The number of benzene rings is 4. The standard InChI is InChI=1S/C50H58N4O/c1-11-34(6)48-47(37-16-14-13-15-17-37)49(35(7)12-2)54(52-48)39-26-33(5)27-41(30-39)55-40-21-22-42-43-28-36(19-18-32(3)4)20-23-44(43)53(45(42)31-40)46-29-38(24-25-51-46)50(8,9)10/h13-17,20-32,34-35H,11-12,18-19H2,1-10H3. The largest absolute Gasteiger partial charge is 0.457 e. The molecule has 0 radical (unpaired) electrons. The predicted molar refractivity (Wildman–Crippen MR) is 232 cm³/mol. The lowest BCUT2D eigenvalue weighted by atomic mass is 9.88. The molecule has 0 aliphatic carbocycles. The van der Waals surface area contributed by atoms with E-state index in [9.17, 15) is 0 Å². The molecular weight excluding hydrogens is 673 g/mol. The van der Waals surface area contributed by atoms with Gasteiger partial charge in [-0.15, -0.1) is 0 Å². The second-order valence-electron chi connectivity index (χ2n) is 17.1. The van der Waals surface area contributed by atoms with Gasteiger partial charge in [-0.2, -0.15) is 5.10 Å². The summed E-state index contributed by atoms with van der Waals surface area (Å²) in [4.78, 5) is 4.94. The Morgan fingerprint density at radius 2 is 1.49 bits per heavy atom. The average molecular weight is 731 g/mol. The van der Waals surface area contributed by atoms with Crippen LogP contribution in [-0.2, 0) is 11.8 Å². The number of hydrogen-bond acceptors (Lipinski definition) is 3. The lowest BCUT2D eigenvalue weighted by molar-refractivity contribution is 0.482. The van der Waals surface area contributed by atoms with Crippen LogP contribution in [0.15, 0.2) is 103 Å². The van der Waals surface area contributed by atoms with E-state index >= 15 is 0 Å². The van der Waals surface area contributed by atoms with Crippen LogP contribution in [0.2, 0.25) is 0 Å². The normalized spacial score (nSPS) is 13.2. The van der Waals surface area contributed by atoms with Gasteiger partial charge in [0.1, 0.15) is 17.3 Å². The van der Waals surface area contributed by atoms with Crippen molar-refractivity contribution < 1.29 is 4.74 Å². The van der Waals surface area contributed by atoms with Crippen LogP contribution in [0.5, 0.6) is 11.5 Å². The third kappa shape index (κ3) is 7.72. The van der Waals surface area contributed by atoms with E-state index in [-0.39, 0.29) is 5.41 Å². The SMILES string of the molecule is CCC(C)c1nn(-c2cc(C)cc(Oc3ccc4c5cc(CCC(C)C)ccc5n(-c5cc(C(C)(C)C)ccn5)c4c3)c2)c(C(C)CC)c1-c1ccccc1. The molecule has 3 heterocycles. The van der Waals surface area contributed by atoms with Gasteiger partial charge >= 0.3 is 0 Å². The third-order valence-corrected chi connectivity index (χ3v) is 11.3. The van der Waals surface area contributed by atoms with Gasteiger partial charge in [-0.25, -0.2) is 9.67 Å². The third-order valence-electron chi connectivity index (χ3n) is 11.3. The Labute approximate surface area is 328 Å². The molecule has 0 spiro atoms. The lowest BCUT2D eigenvalue weighted by Crippen LogP contribution is -2.12. The summed E-state index contributed by atoms with van der Waals surface area (Å²) < 4.78 is 11.3. The molecule has 0 N–H and O–H groups in total. The first-order valence-corrected chi connectivity index (χ1v) is 20.4. The van der Waals surface area contributed by atoms with Gasteiger partial charge in [0.15, 0.2) is 0 Å². The monoisotopic (exact) mass is 730 g/mol. The minimum atomic E-state index is -0.00181. The van der Waals surface area contributed by atoms with Gasteiger partial charge in [0.2, 0.25) is 0 Å². The highest BCUT2D eigenvalue weighted by Crippen LogP contribution is 2.41. The number of aromatic nitrogens is 4. The average Bonchev–Trinajstić information content (AvgIpc) is 3.73. The van der Waals surface area contributed by atoms with Crippen molar-refractivity contribution in [2.75, 3.05) is 0 Å². The van der Waals surface area contributed by atoms with E-state index in [2.05, 4.69) is 176 Å². The van der Waals surface area contributed by atoms with E-state index < -0.39 is 0 Å². The summed E-state index contributed by atoms with van der Waals surface area (Å²) >= 11 is 0. The molecule has 5 nitrogen and oxygen atoms in total. The van der Waals surface area contributed by atoms with E-state index in [1.165, 1.54) is 45.1 Å². The zero-order valence-electron chi connectivity index (χ0n) is 34.6. The summed E-state index contributed by atoms with van der Waals surface area (Å²) in [6.07, 6.45) is 6.21. The van der Waals surface area contributed by atoms with E-state index in [1.54, 1.807) is 0 Å². The fourth-order valence-corrected chi connectivity index (χ4v) is 7.75. The fourth-order valence-electron chi connectivity index (χ4n) is 7.75. The Kier molecular flexibility index (Phi) is 10.8. The van der Waals surface area contributed by atoms with Crippen molar-refractivity contribution in [1.29, 1.82) is 0 Å². The summed E-state index contributed by atoms with van der Waals surface area (Å²) in [5.74, 6) is 3.78. The summed E-state index contributed by atoms with van der Waals surface area (Å²) in [5.41, 5.74) is 11.9. The van der Waals surface area contributed by atoms with Crippen molar-refractivity contribution in [2.45, 2.75) is 112 Å². The number of hydrogen-bond donors (Lipinski definition) is 0. The highest BCUT2D eigenvalue weighted by molar-refractivity contribution is 6.09. The van der Waals surface area contributed by atoms with Crippen LogP contribution < -0.4 is 4.74 Å². The van der Waals surface area contributed by atoms with Gasteiger partial charge < -0.3 is 4.74 Å². The van der Waals surface area contributed by atoms with Gasteiger partial charge in [-0.3, -0.25) is 4.57 Å². The molecule has 3 aromatic heterocycles. The van der Waals surface area contributed by atoms with Crippen LogP contribution in [0.25, 0.3) is 44.4 Å². The van der Waals surface area contributed by atoms with Crippen LogP contribution in [0.4, 0.5) is 0 Å². The van der Waals surface area contributed by atoms with Crippen LogP contribution in [0.3, 0.4) is 0 Å². The fraction of sp³-hybridized carbons (Fsp3) is 0.360. The van der Waals surface area contributed by atoms with Crippen molar-refractivity contribution >= 4 is 21.8 Å². The van der Waals surface area contributed by atoms with Gasteiger partial charge in [0, 0.05) is 40.6 Å². The highest BCUT2D eigenvalue weighted by Gasteiger charge is 2.27. The number of fused-ring (bicyclic) bond motifs is 3. The second kappa shape index (κ2) is 15.5. The minimum Gasteiger partial charge on any atom is -0.457 e.